The first-order chi connectivity index (χ1) is 11.4. The topological polar surface area (TPSA) is 58.2 Å². The first kappa shape index (κ1) is 19.1. The third kappa shape index (κ3) is 5.38. The number of benzene rings is 1. The average Bonchev–Trinajstić information content (AvgIpc) is 2.99. The maximum Gasteiger partial charge on any atom is 0.321 e. The van der Waals surface area contributed by atoms with E-state index in [1.54, 1.807) is 12.1 Å². The lowest BCUT2D eigenvalue weighted by atomic mass is 9.87. The molecule has 1 aromatic rings. The summed E-state index contributed by atoms with van der Waals surface area (Å²) in [6.07, 6.45) is 5.38. The molecule has 1 aliphatic rings. The van der Waals surface area contributed by atoms with E-state index in [4.69, 9.17) is 23.2 Å². The SMILES string of the molecule is CC(C)NC(=O)NC(=O)C(CC1CCCC1)c1ccc(Cl)c(Cl)c1. The highest BCUT2D eigenvalue weighted by Crippen LogP contribution is 2.36. The largest absolute Gasteiger partial charge is 0.336 e. The van der Waals surface area contributed by atoms with Crippen molar-refractivity contribution in [2.24, 2.45) is 5.92 Å². The van der Waals surface area contributed by atoms with Crippen LogP contribution in [0.1, 0.15) is 57.4 Å². The fourth-order valence-corrected chi connectivity index (χ4v) is 3.51. The number of hydrogen-bond donors (Lipinski definition) is 2. The zero-order chi connectivity index (χ0) is 17.7. The van der Waals surface area contributed by atoms with Crippen molar-refractivity contribution in [2.45, 2.75) is 57.9 Å². The molecular weight excluding hydrogens is 347 g/mol. The summed E-state index contributed by atoms with van der Waals surface area (Å²) in [5.74, 6) is -0.192. The van der Waals surface area contributed by atoms with Crippen LogP contribution < -0.4 is 10.6 Å². The van der Waals surface area contributed by atoms with Crippen molar-refractivity contribution in [2.75, 3.05) is 0 Å². The van der Waals surface area contributed by atoms with Crippen molar-refractivity contribution in [3.05, 3.63) is 33.8 Å². The molecule has 2 rings (SSSR count). The lowest BCUT2D eigenvalue weighted by molar-refractivity contribution is -0.121. The fraction of sp³-hybridized carbons (Fsp3) is 0.556. The van der Waals surface area contributed by atoms with E-state index < -0.39 is 11.9 Å². The van der Waals surface area contributed by atoms with Crippen LogP contribution in [-0.2, 0) is 4.79 Å². The van der Waals surface area contributed by atoms with Gasteiger partial charge in [0.1, 0.15) is 0 Å². The zero-order valence-electron chi connectivity index (χ0n) is 14.1. The minimum absolute atomic E-state index is 0.0314. The minimum atomic E-state index is -0.466. The van der Waals surface area contributed by atoms with Crippen molar-refractivity contribution in [3.63, 3.8) is 0 Å². The van der Waals surface area contributed by atoms with E-state index >= 15 is 0 Å². The fourth-order valence-electron chi connectivity index (χ4n) is 3.20. The lowest BCUT2D eigenvalue weighted by Gasteiger charge is -2.21. The molecule has 132 valence electrons. The predicted octanol–water partition coefficient (Wildman–Crippen LogP) is 4.89. The van der Waals surface area contributed by atoms with Crippen LogP contribution in [0.3, 0.4) is 0 Å². The highest BCUT2D eigenvalue weighted by Gasteiger charge is 2.28. The molecule has 4 nitrogen and oxygen atoms in total. The second-order valence-corrected chi connectivity index (χ2v) is 7.54. The van der Waals surface area contributed by atoms with Gasteiger partial charge in [0.2, 0.25) is 5.91 Å². The first-order valence-corrected chi connectivity index (χ1v) is 9.18. The van der Waals surface area contributed by atoms with E-state index in [2.05, 4.69) is 10.6 Å². The quantitative estimate of drug-likeness (QED) is 0.774. The Balaban J connectivity index is 2.16. The molecule has 1 aromatic carbocycles. The number of nitrogens with one attached hydrogen (secondary N) is 2. The van der Waals surface area contributed by atoms with Gasteiger partial charge in [-0.3, -0.25) is 10.1 Å². The van der Waals surface area contributed by atoms with Crippen LogP contribution in [0, 0.1) is 5.92 Å². The Hall–Kier alpha value is -1.26. The molecule has 2 N–H and O–H groups in total. The van der Waals surface area contributed by atoms with Crippen LogP contribution in [0.5, 0.6) is 0 Å². The van der Waals surface area contributed by atoms with Crippen LogP contribution >= 0.6 is 23.2 Å². The Bertz CT molecular complexity index is 599. The summed E-state index contributed by atoms with van der Waals surface area (Å²) in [5.41, 5.74) is 0.797. The number of rotatable bonds is 5. The highest BCUT2D eigenvalue weighted by atomic mass is 35.5. The molecule has 1 aliphatic carbocycles. The molecule has 1 saturated carbocycles. The second kappa shape index (κ2) is 8.72. The van der Waals surface area contributed by atoms with Gasteiger partial charge in [0.25, 0.3) is 0 Å². The van der Waals surface area contributed by atoms with Crippen molar-refractivity contribution < 1.29 is 9.59 Å². The summed E-state index contributed by atoms with van der Waals surface area (Å²) in [5, 5.41) is 6.01. The molecule has 0 spiro atoms. The van der Waals surface area contributed by atoms with Crippen LogP contribution in [0.15, 0.2) is 18.2 Å². The number of urea groups is 1. The van der Waals surface area contributed by atoms with E-state index in [0.717, 1.165) is 24.8 Å². The predicted molar refractivity (Wildman–Crippen MR) is 97.6 cm³/mol. The standard InChI is InChI=1S/C18H24Cl2N2O2/c1-11(2)21-18(24)22-17(23)14(9-12-5-3-4-6-12)13-7-8-15(19)16(20)10-13/h7-8,10-12,14H,3-6,9H2,1-2H3,(H2,21,22,23,24). The van der Waals surface area contributed by atoms with Gasteiger partial charge in [0.15, 0.2) is 0 Å². The third-order valence-electron chi connectivity index (χ3n) is 4.36. The Morgan fingerprint density at radius 3 is 2.42 bits per heavy atom. The zero-order valence-corrected chi connectivity index (χ0v) is 15.6. The molecule has 3 amide bonds. The monoisotopic (exact) mass is 370 g/mol. The number of imide groups is 1. The summed E-state index contributed by atoms with van der Waals surface area (Å²) in [7, 11) is 0. The molecule has 0 aliphatic heterocycles. The normalized spacial score (nSPS) is 16.2. The van der Waals surface area contributed by atoms with Crippen molar-refractivity contribution in [1.82, 2.24) is 10.6 Å². The molecule has 1 fully saturated rings. The van der Waals surface area contributed by atoms with E-state index in [1.165, 1.54) is 12.8 Å². The Morgan fingerprint density at radius 2 is 1.83 bits per heavy atom. The molecule has 0 bridgehead atoms. The smallest absolute Gasteiger partial charge is 0.321 e. The third-order valence-corrected chi connectivity index (χ3v) is 5.10. The van der Waals surface area contributed by atoms with Gasteiger partial charge in [0, 0.05) is 6.04 Å². The van der Waals surface area contributed by atoms with Crippen LogP contribution in [0.2, 0.25) is 10.0 Å². The van der Waals surface area contributed by atoms with Crippen molar-refractivity contribution in [1.29, 1.82) is 0 Å². The van der Waals surface area contributed by atoms with E-state index in [0.29, 0.717) is 16.0 Å². The van der Waals surface area contributed by atoms with E-state index in [9.17, 15) is 9.59 Å². The first-order valence-electron chi connectivity index (χ1n) is 8.43. The van der Waals surface area contributed by atoms with E-state index in [1.807, 2.05) is 19.9 Å². The van der Waals surface area contributed by atoms with Gasteiger partial charge in [0.05, 0.1) is 16.0 Å². The number of halogens is 2. The second-order valence-electron chi connectivity index (χ2n) is 6.73. The maximum absolute atomic E-state index is 12.7. The maximum atomic E-state index is 12.7. The Kier molecular flexibility index (Phi) is 6.93. The number of carbonyl (C=O) groups excluding carboxylic acids is 2. The van der Waals surface area contributed by atoms with Gasteiger partial charge < -0.3 is 5.32 Å². The van der Waals surface area contributed by atoms with Gasteiger partial charge in [-0.25, -0.2) is 4.79 Å². The van der Waals surface area contributed by atoms with Gasteiger partial charge in [-0.2, -0.15) is 0 Å². The Morgan fingerprint density at radius 1 is 1.17 bits per heavy atom. The minimum Gasteiger partial charge on any atom is -0.336 e. The summed E-state index contributed by atoms with van der Waals surface area (Å²) in [6.45, 7) is 3.69. The molecule has 24 heavy (non-hydrogen) atoms. The van der Waals surface area contributed by atoms with Gasteiger partial charge in [-0.15, -0.1) is 0 Å². The summed E-state index contributed by atoms with van der Waals surface area (Å²) in [6, 6.07) is 4.74. The Labute approximate surface area is 153 Å². The lowest BCUT2D eigenvalue weighted by Crippen LogP contribution is -2.44. The molecule has 1 atom stereocenters. The van der Waals surface area contributed by atoms with Crippen LogP contribution in [0.25, 0.3) is 0 Å². The highest BCUT2D eigenvalue weighted by molar-refractivity contribution is 6.42. The van der Waals surface area contributed by atoms with Crippen LogP contribution in [0.4, 0.5) is 4.79 Å². The van der Waals surface area contributed by atoms with Crippen LogP contribution in [-0.4, -0.2) is 18.0 Å². The summed E-state index contributed by atoms with van der Waals surface area (Å²) >= 11 is 12.1. The molecular formula is C18H24Cl2N2O2. The van der Waals surface area contributed by atoms with Gasteiger partial charge in [-0.1, -0.05) is 55.0 Å². The van der Waals surface area contributed by atoms with Gasteiger partial charge in [-0.05, 0) is 43.9 Å². The van der Waals surface area contributed by atoms with Crippen molar-refractivity contribution >= 4 is 35.1 Å². The molecule has 0 heterocycles. The molecule has 6 heteroatoms. The summed E-state index contributed by atoms with van der Waals surface area (Å²) in [4.78, 5) is 24.5. The van der Waals surface area contributed by atoms with E-state index in [-0.39, 0.29) is 11.9 Å². The average molecular weight is 371 g/mol. The number of carbonyl (C=O) groups is 2. The molecule has 0 aromatic heterocycles. The molecule has 1 unspecified atom stereocenters. The van der Waals surface area contributed by atoms with Gasteiger partial charge >= 0.3 is 6.03 Å². The number of amides is 3. The summed E-state index contributed by atoms with van der Waals surface area (Å²) < 4.78 is 0. The molecule has 0 saturated heterocycles. The van der Waals surface area contributed by atoms with Crippen molar-refractivity contribution in [3.8, 4) is 0 Å². The molecule has 0 radical (unpaired) electrons. The number of hydrogen-bond acceptors (Lipinski definition) is 2.